The second kappa shape index (κ2) is 14.3. The minimum atomic E-state index is -1.73. The van der Waals surface area contributed by atoms with Gasteiger partial charge in [-0.1, -0.05) is 0 Å². The number of nitrogens with one attached hydrogen (secondary N) is 1. The van der Waals surface area contributed by atoms with Crippen molar-refractivity contribution in [3.63, 3.8) is 0 Å². The Hall–Kier alpha value is 1.33. The van der Waals surface area contributed by atoms with Gasteiger partial charge in [-0.2, -0.15) is 12.6 Å². The van der Waals surface area contributed by atoms with Gasteiger partial charge in [-0.25, -0.2) is 0 Å². The zero-order valence-electron chi connectivity index (χ0n) is 11.1. The SMILES string of the molecule is O=C[C@H](NC(=O)CCS)[C@@H](O)[C@H](O)[C@H](O)CO.[Na].[Na]. The number of aldehydes is 1. The molecule has 0 heterocycles. The Labute approximate surface area is 161 Å². The van der Waals surface area contributed by atoms with Crippen molar-refractivity contribution in [3.8, 4) is 0 Å². The summed E-state index contributed by atoms with van der Waals surface area (Å²) in [6, 6.07) is -1.35. The summed E-state index contributed by atoms with van der Waals surface area (Å²) >= 11 is 3.82. The third-order valence-corrected chi connectivity index (χ3v) is 2.34. The number of aliphatic hydroxyl groups is 4. The van der Waals surface area contributed by atoms with Gasteiger partial charge in [-0.05, 0) is 5.75 Å². The molecule has 5 N–H and O–H groups in total. The largest absolute Gasteiger partial charge is 0.394 e. The Morgan fingerprint density at radius 1 is 1.21 bits per heavy atom. The molecular weight excluding hydrogens is 296 g/mol. The van der Waals surface area contributed by atoms with Crippen LogP contribution in [0.5, 0.6) is 0 Å². The molecule has 7 nitrogen and oxygen atoms in total. The van der Waals surface area contributed by atoms with Crippen molar-refractivity contribution in [2.75, 3.05) is 12.4 Å². The van der Waals surface area contributed by atoms with E-state index in [1.54, 1.807) is 0 Å². The molecule has 0 fully saturated rings. The quantitative estimate of drug-likeness (QED) is 0.156. The van der Waals surface area contributed by atoms with Crippen molar-refractivity contribution >= 4 is 83.9 Å². The van der Waals surface area contributed by atoms with E-state index in [-0.39, 0.29) is 77.6 Å². The van der Waals surface area contributed by atoms with Gasteiger partial charge < -0.3 is 30.5 Å². The van der Waals surface area contributed by atoms with Crippen LogP contribution in [-0.4, -0.2) is 128 Å². The number of rotatable bonds is 8. The molecule has 0 aromatic carbocycles. The van der Waals surface area contributed by atoms with E-state index in [1.807, 2.05) is 0 Å². The third kappa shape index (κ3) is 9.81. The summed E-state index contributed by atoms with van der Waals surface area (Å²) in [5.74, 6) is -0.239. The maximum Gasteiger partial charge on any atom is 0.221 e. The maximum atomic E-state index is 11.2. The molecule has 102 valence electrons. The van der Waals surface area contributed by atoms with Crippen LogP contribution in [-0.2, 0) is 9.59 Å². The summed E-state index contributed by atoms with van der Waals surface area (Å²) in [6.07, 6.45) is -4.72. The van der Waals surface area contributed by atoms with Gasteiger partial charge >= 0.3 is 0 Å². The molecule has 0 aliphatic carbocycles. The van der Waals surface area contributed by atoms with E-state index < -0.39 is 36.9 Å². The van der Waals surface area contributed by atoms with Gasteiger partial charge in [0.05, 0.1) is 6.61 Å². The fraction of sp³-hybridized carbons (Fsp3) is 0.778. The van der Waals surface area contributed by atoms with Crippen LogP contribution in [0.15, 0.2) is 0 Å². The molecule has 0 spiro atoms. The van der Waals surface area contributed by atoms with Gasteiger partial charge in [-0.15, -0.1) is 0 Å². The molecule has 0 saturated carbocycles. The average molecular weight is 313 g/mol. The maximum absolute atomic E-state index is 11.2. The van der Waals surface area contributed by atoms with E-state index >= 15 is 0 Å². The molecule has 0 bridgehead atoms. The molecule has 0 aromatic heterocycles. The van der Waals surface area contributed by atoms with Crippen molar-refractivity contribution < 1.29 is 30.0 Å². The average Bonchev–Trinajstić information content (AvgIpc) is 2.33. The molecule has 0 saturated heterocycles. The smallest absolute Gasteiger partial charge is 0.221 e. The summed E-state index contributed by atoms with van der Waals surface area (Å²) in [5, 5.41) is 38.7. The number of hydrogen-bond donors (Lipinski definition) is 6. The van der Waals surface area contributed by atoms with Gasteiger partial charge in [0.15, 0.2) is 0 Å². The van der Waals surface area contributed by atoms with Crippen molar-refractivity contribution in [2.24, 2.45) is 0 Å². The molecule has 0 unspecified atom stereocenters. The van der Waals surface area contributed by atoms with Gasteiger partial charge in [0.1, 0.15) is 30.6 Å². The van der Waals surface area contributed by atoms with Crippen LogP contribution >= 0.6 is 12.6 Å². The zero-order valence-corrected chi connectivity index (χ0v) is 16.0. The standard InChI is InChI=1S/C9H17NO6S.2Na/c11-3-5(10-7(14)1-2-17)8(15)9(16)6(13)4-12;;/h3,5-6,8-9,12-13,15-17H,1-2,4H2,(H,10,14);;/t5-,6+,8+,9+;;/m0../s1. The normalized spacial score (nSPS) is 16.1. The van der Waals surface area contributed by atoms with Crippen molar-refractivity contribution in [3.05, 3.63) is 0 Å². The van der Waals surface area contributed by atoms with Crippen LogP contribution in [0.4, 0.5) is 0 Å². The number of carbonyl (C=O) groups is 2. The number of hydrogen-bond acceptors (Lipinski definition) is 7. The minimum Gasteiger partial charge on any atom is -0.394 e. The molecule has 19 heavy (non-hydrogen) atoms. The van der Waals surface area contributed by atoms with Gasteiger partial charge in [0.25, 0.3) is 0 Å². The number of carbonyl (C=O) groups excluding carboxylic acids is 2. The minimum absolute atomic E-state index is 0. The Bertz CT molecular complexity index is 261. The van der Waals surface area contributed by atoms with Gasteiger partial charge in [0.2, 0.25) is 5.91 Å². The van der Waals surface area contributed by atoms with E-state index in [4.69, 9.17) is 10.2 Å². The Morgan fingerprint density at radius 2 is 1.74 bits per heavy atom. The Kier molecular flexibility index (Phi) is 19.0. The first-order valence-electron chi connectivity index (χ1n) is 4.98. The summed E-state index contributed by atoms with van der Waals surface area (Å²) in [6.45, 7) is -0.769. The summed E-state index contributed by atoms with van der Waals surface area (Å²) in [7, 11) is 0. The molecule has 10 heteroatoms. The fourth-order valence-electron chi connectivity index (χ4n) is 1.11. The fourth-order valence-corrected chi connectivity index (χ4v) is 1.31. The summed E-state index contributed by atoms with van der Waals surface area (Å²) < 4.78 is 0. The van der Waals surface area contributed by atoms with Crippen LogP contribution < -0.4 is 5.32 Å². The van der Waals surface area contributed by atoms with Crippen molar-refractivity contribution in [1.29, 1.82) is 0 Å². The first-order valence-corrected chi connectivity index (χ1v) is 5.61. The number of amides is 1. The molecule has 0 aromatic rings. The van der Waals surface area contributed by atoms with E-state index in [0.717, 1.165) is 0 Å². The van der Waals surface area contributed by atoms with Gasteiger partial charge in [-0.3, -0.25) is 4.79 Å². The second-order valence-electron chi connectivity index (χ2n) is 3.43. The molecular formula is C9H17NNa2O6S. The van der Waals surface area contributed by atoms with Crippen LogP contribution in [0, 0.1) is 0 Å². The monoisotopic (exact) mass is 313 g/mol. The Balaban J connectivity index is -0.00000128. The number of thiol groups is 1. The summed E-state index contributed by atoms with van der Waals surface area (Å²) in [5.41, 5.74) is 0. The topological polar surface area (TPSA) is 127 Å². The predicted octanol–water partition coefficient (Wildman–Crippen LogP) is -3.70. The zero-order chi connectivity index (χ0) is 13.4. The molecule has 4 atom stereocenters. The molecule has 1 amide bonds. The van der Waals surface area contributed by atoms with E-state index in [1.165, 1.54) is 0 Å². The molecule has 2 radical (unpaired) electrons. The van der Waals surface area contributed by atoms with E-state index in [2.05, 4.69) is 17.9 Å². The first kappa shape index (κ1) is 25.3. The number of aliphatic hydroxyl groups excluding tert-OH is 4. The second-order valence-corrected chi connectivity index (χ2v) is 3.88. The third-order valence-electron chi connectivity index (χ3n) is 2.11. The van der Waals surface area contributed by atoms with Crippen LogP contribution in [0.2, 0.25) is 0 Å². The molecule has 0 rings (SSSR count). The summed E-state index contributed by atoms with van der Waals surface area (Å²) in [4.78, 5) is 21.8. The molecule has 0 aliphatic rings. The molecule has 0 aliphatic heterocycles. The van der Waals surface area contributed by atoms with Crippen LogP contribution in [0.25, 0.3) is 0 Å². The van der Waals surface area contributed by atoms with Crippen molar-refractivity contribution in [1.82, 2.24) is 5.32 Å². The van der Waals surface area contributed by atoms with Crippen LogP contribution in [0.1, 0.15) is 6.42 Å². The van der Waals surface area contributed by atoms with Gasteiger partial charge in [0, 0.05) is 65.5 Å². The van der Waals surface area contributed by atoms with E-state index in [9.17, 15) is 19.8 Å². The van der Waals surface area contributed by atoms with Crippen LogP contribution in [0.3, 0.4) is 0 Å². The van der Waals surface area contributed by atoms with E-state index in [0.29, 0.717) is 0 Å². The Morgan fingerprint density at radius 3 is 2.11 bits per heavy atom. The van der Waals surface area contributed by atoms with Crippen molar-refractivity contribution in [2.45, 2.75) is 30.8 Å². The first-order chi connectivity index (χ1) is 7.97. The predicted molar refractivity (Wildman–Crippen MR) is 73.1 cm³/mol.